The number of aryl methyl sites for hydroxylation is 2. The van der Waals surface area contributed by atoms with Crippen LogP contribution in [0.25, 0.3) is 16.9 Å². The van der Waals surface area contributed by atoms with E-state index in [0.29, 0.717) is 11.3 Å². The number of hydrogen-bond donors (Lipinski definition) is 1. The minimum absolute atomic E-state index is 0.579. The van der Waals surface area contributed by atoms with Gasteiger partial charge in [-0.15, -0.1) is 0 Å². The second-order valence-electron chi connectivity index (χ2n) is 4.63. The largest absolute Gasteiger partial charge is 0.478 e. The summed E-state index contributed by atoms with van der Waals surface area (Å²) in [5, 5.41) is 8.72. The van der Waals surface area contributed by atoms with Crippen LogP contribution in [0.2, 0.25) is 0 Å². The van der Waals surface area contributed by atoms with Gasteiger partial charge in [-0.3, -0.25) is 0 Å². The lowest BCUT2D eigenvalue weighted by molar-refractivity contribution is -0.131. The Morgan fingerprint density at radius 3 is 2.53 bits per heavy atom. The molecule has 0 aliphatic carbocycles. The number of rotatable bonds is 3. The third-order valence-corrected chi connectivity index (χ3v) is 3.13. The van der Waals surface area contributed by atoms with Crippen molar-refractivity contribution in [3.05, 3.63) is 53.3 Å². The Hall–Kier alpha value is -2.29. The molecular formula is C16H16O3. The van der Waals surface area contributed by atoms with Crippen molar-refractivity contribution < 1.29 is 14.3 Å². The van der Waals surface area contributed by atoms with Crippen molar-refractivity contribution in [3.63, 3.8) is 0 Å². The maximum atomic E-state index is 10.6. The highest BCUT2D eigenvalue weighted by Gasteiger charge is 2.08. The molecule has 1 N–H and O–H groups in total. The highest BCUT2D eigenvalue weighted by atomic mass is 16.4. The molecule has 98 valence electrons. The molecule has 19 heavy (non-hydrogen) atoms. The quantitative estimate of drug-likeness (QED) is 0.843. The van der Waals surface area contributed by atoms with Crippen molar-refractivity contribution in [3.8, 4) is 11.3 Å². The predicted molar refractivity (Wildman–Crippen MR) is 74.9 cm³/mol. The van der Waals surface area contributed by atoms with Crippen molar-refractivity contribution in [2.45, 2.75) is 20.8 Å². The molecule has 2 aromatic rings. The summed E-state index contributed by atoms with van der Waals surface area (Å²) in [5.74, 6) is 0.355. The maximum Gasteiger partial charge on any atom is 0.328 e. The van der Waals surface area contributed by atoms with E-state index in [1.165, 1.54) is 11.1 Å². The van der Waals surface area contributed by atoms with Crippen molar-refractivity contribution in [1.82, 2.24) is 0 Å². The van der Waals surface area contributed by atoms with Gasteiger partial charge in [-0.25, -0.2) is 4.79 Å². The Morgan fingerprint density at radius 1 is 1.16 bits per heavy atom. The molecule has 0 spiro atoms. The van der Waals surface area contributed by atoms with E-state index in [9.17, 15) is 4.79 Å². The van der Waals surface area contributed by atoms with Crippen molar-refractivity contribution in [2.75, 3.05) is 0 Å². The molecule has 0 saturated carbocycles. The summed E-state index contributed by atoms with van der Waals surface area (Å²) in [4.78, 5) is 10.6. The summed E-state index contributed by atoms with van der Waals surface area (Å²) in [5.41, 5.74) is 4.03. The van der Waals surface area contributed by atoms with Crippen LogP contribution >= 0.6 is 0 Å². The number of allylic oxidation sites excluding steroid dienone is 1. The smallest absolute Gasteiger partial charge is 0.328 e. The normalized spacial score (nSPS) is 11.6. The van der Waals surface area contributed by atoms with Gasteiger partial charge in [0.15, 0.2) is 0 Å². The van der Waals surface area contributed by atoms with Crippen molar-refractivity contribution >= 4 is 11.5 Å². The predicted octanol–water partition coefficient (Wildman–Crippen LogP) is 4.05. The number of carboxylic acids is 1. The van der Waals surface area contributed by atoms with Crippen molar-refractivity contribution in [1.29, 1.82) is 0 Å². The van der Waals surface area contributed by atoms with Gasteiger partial charge in [-0.1, -0.05) is 12.1 Å². The number of furan rings is 1. The van der Waals surface area contributed by atoms with Crippen LogP contribution in [-0.2, 0) is 4.79 Å². The molecule has 0 atom stereocenters. The number of carbonyl (C=O) groups is 1. The number of aliphatic carboxylic acids is 1. The molecule has 0 radical (unpaired) electrons. The average Bonchev–Trinajstić information content (AvgIpc) is 2.81. The third-order valence-electron chi connectivity index (χ3n) is 3.13. The van der Waals surface area contributed by atoms with E-state index in [1.54, 1.807) is 13.0 Å². The first-order chi connectivity index (χ1) is 8.97. The first-order valence-corrected chi connectivity index (χ1v) is 6.06. The van der Waals surface area contributed by atoms with E-state index in [-0.39, 0.29) is 0 Å². The van der Waals surface area contributed by atoms with Gasteiger partial charge in [0.25, 0.3) is 0 Å². The zero-order chi connectivity index (χ0) is 14.0. The molecule has 0 bridgehead atoms. The van der Waals surface area contributed by atoms with Gasteiger partial charge in [0.2, 0.25) is 0 Å². The van der Waals surface area contributed by atoms with Crippen LogP contribution in [0.4, 0.5) is 0 Å². The second-order valence-corrected chi connectivity index (χ2v) is 4.63. The first-order valence-electron chi connectivity index (χ1n) is 6.06. The van der Waals surface area contributed by atoms with Crippen LogP contribution in [-0.4, -0.2) is 11.1 Å². The van der Waals surface area contributed by atoms with E-state index in [0.717, 1.165) is 17.4 Å². The number of benzene rings is 1. The van der Waals surface area contributed by atoms with Crippen LogP contribution in [0.1, 0.15) is 23.8 Å². The zero-order valence-corrected chi connectivity index (χ0v) is 11.2. The molecular weight excluding hydrogens is 240 g/mol. The lowest BCUT2D eigenvalue weighted by Crippen LogP contribution is -1.88. The van der Waals surface area contributed by atoms with E-state index < -0.39 is 5.97 Å². The summed E-state index contributed by atoms with van der Waals surface area (Å²) >= 11 is 0. The van der Waals surface area contributed by atoms with Crippen LogP contribution in [0.3, 0.4) is 0 Å². The molecule has 0 amide bonds. The fourth-order valence-electron chi connectivity index (χ4n) is 1.86. The van der Waals surface area contributed by atoms with Gasteiger partial charge < -0.3 is 9.52 Å². The number of carboxylic acid groups (broad SMARTS) is 1. The molecule has 3 heteroatoms. The minimum atomic E-state index is -0.971. The van der Waals surface area contributed by atoms with Crippen LogP contribution < -0.4 is 0 Å². The van der Waals surface area contributed by atoms with Crippen LogP contribution in [0.15, 0.2) is 40.8 Å². The first kappa shape index (κ1) is 13.1. The molecule has 1 aromatic heterocycles. The summed E-state index contributed by atoms with van der Waals surface area (Å²) in [6.07, 6.45) is 1.14. The molecule has 2 rings (SSSR count). The highest BCUT2D eigenvalue weighted by molar-refractivity contribution is 5.88. The molecule has 1 heterocycles. The second kappa shape index (κ2) is 5.14. The summed E-state index contributed by atoms with van der Waals surface area (Å²) in [7, 11) is 0. The van der Waals surface area contributed by atoms with Crippen LogP contribution in [0.5, 0.6) is 0 Å². The van der Waals surface area contributed by atoms with Gasteiger partial charge in [0.05, 0.1) is 0 Å². The van der Waals surface area contributed by atoms with E-state index in [2.05, 4.69) is 19.9 Å². The maximum absolute atomic E-state index is 10.6. The van der Waals surface area contributed by atoms with E-state index >= 15 is 0 Å². The number of hydrogen-bond acceptors (Lipinski definition) is 2. The zero-order valence-electron chi connectivity index (χ0n) is 11.2. The molecule has 0 aliphatic rings. The van der Waals surface area contributed by atoms with Gasteiger partial charge in [-0.05, 0) is 55.7 Å². The van der Waals surface area contributed by atoms with E-state index in [1.807, 2.05) is 18.2 Å². The van der Waals surface area contributed by atoms with Gasteiger partial charge in [-0.2, -0.15) is 0 Å². The molecule has 0 fully saturated rings. The minimum Gasteiger partial charge on any atom is -0.478 e. The SMILES string of the molecule is C/C(=C\C(=O)O)c1ccc(-c2ccc(C)c(C)c2)o1. The van der Waals surface area contributed by atoms with Gasteiger partial charge in [0, 0.05) is 11.6 Å². The molecule has 0 unspecified atom stereocenters. The van der Waals surface area contributed by atoms with Crippen molar-refractivity contribution in [2.24, 2.45) is 0 Å². The molecule has 0 saturated heterocycles. The summed E-state index contributed by atoms with van der Waals surface area (Å²) in [6.45, 7) is 5.84. The lowest BCUT2D eigenvalue weighted by atomic mass is 10.1. The van der Waals surface area contributed by atoms with Gasteiger partial charge in [0.1, 0.15) is 11.5 Å². The summed E-state index contributed by atoms with van der Waals surface area (Å²) < 4.78 is 5.70. The average molecular weight is 256 g/mol. The fraction of sp³-hybridized carbons (Fsp3) is 0.188. The Kier molecular flexibility index (Phi) is 3.56. The summed E-state index contributed by atoms with van der Waals surface area (Å²) in [6, 6.07) is 9.76. The Bertz CT molecular complexity index is 648. The molecule has 0 aliphatic heterocycles. The van der Waals surface area contributed by atoms with E-state index in [4.69, 9.17) is 9.52 Å². The fourth-order valence-corrected chi connectivity index (χ4v) is 1.86. The monoisotopic (exact) mass is 256 g/mol. The topological polar surface area (TPSA) is 50.4 Å². The Balaban J connectivity index is 2.35. The lowest BCUT2D eigenvalue weighted by Gasteiger charge is -2.02. The van der Waals surface area contributed by atoms with Gasteiger partial charge >= 0.3 is 5.97 Å². The van der Waals surface area contributed by atoms with Crippen LogP contribution in [0, 0.1) is 13.8 Å². The Morgan fingerprint density at radius 2 is 1.89 bits per heavy atom. The third kappa shape index (κ3) is 2.94. The Labute approximate surface area is 112 Å². The highest BCUT2D eigenvalue weighted by Crippen LogP contribution is 2.27. The molecule has 3 nitrogen and oxygen atoms in total. The standard InChI is InChI=1S/C16H16O3/c1-10-4-5-13(8-11(10)2)15-7-6-14(19-15)12(3)9-16(17)18/h4-9H,1-3H3,(H,17,18)/b12-9+. The molecule has 1 aromatic carbocycles.